The quantitative estimate of drug-likeness (QED) is 0.854. The number of alkyl halides is 3. The van der Waals surface area contributed by atoms with Crippen LogP contribution in [0.2, 0.25) is 0 Å². The van der Waals surface area contributed by atoms with Crippen LogP contribution in [0.5, 0.6) is 0 Å². The molecule has 7 heteroatoms. The van der Waals surface area contributed by atoms with Gasteiger partial charge in [0, 0.05) is 25.7 Å². The second-order valence-electron chi connectivity index (χ2n) is 5.73. The third-order valence-corrected chi connectivity index (χ3v) is 3.75. The maximum Gasteiger partial charge on any atom is 0.416 e. The highest BCUT2D eigenvalue weighted by Gasteiger charge is 2.30. The van der Waals surface area contributed by atoms with Crippen molar-refractivity contribution in [2.75, 3.05) is 18.0 Å². The molecule has 2 amide bonds. The van der Waals surface area contributed by atoms with Crippen LogP contribution in [0.1, 0.15) is 18.1 Å². The summed E-state index contributed by atoms with van der Waals surface area (Å²) < 4.78 is 37.9. The van der Waals surface area contributed by atoms with Gasteiger partial charge in [0.15, 0.2) is 0 Å². The lowest BCUT2D eigenvalue weighted by atomic mass is 10.1. The molecule has 0 radical (unpaired) electrons. The molecule has 1 N–H and O–H groups in total. The molecule has 0 aliphatic heterocycles. The van der Waals surface area contributed by atoms with E-state index in [1.165, 1.54) is 24.0 Å². The first kappa shape index (κ1) is 19.5. The molecule has 138 valence electrons. The maximum absolute atomic E-state index is 12.6. The van der Waals surface area contributed by atoms with E-state index in [4.69, 9.17) is 0 Å². The van der Waals surface area contributed by atoms with Crippen LogP contribution in [-0.4, -0.2) is 24.9 Å². The van der Waals surface area contributed by atoms with E-state index in [1.807, 2.05) is 30.3 Å². The number of hydrogen-bond donors (Lipinski definition) is 1. The molecule has 4 nitrogen and oxygen atoms in total. The minimum atomic E-state index is -4.43. The van der Waals surface area contributed by atoms with E-state index < -0.39 is 11.7 Å². The van der Waals surface area contributed by atoms with Gasteiger partial charge in [-0.3, -0.25) is 9.59 Å². The molecule has 0 aromatic heterocycles. The number of carbonyl (C=O) groups is 2. The van der Waals surface area contributed by atoms with Gasteiger partial charge in [-0.05, 0) is 29.8 Å². The number of rotatable bonds is 6. The summed E-state index contributed by atoms with van der Waals surface area (Å²) in [4.78, 5) is 25.0. The predicted molar refractivity (Wildman–Crippen MR) is 92.6 cm³/mol. The zero-order valence-corrected chi connectivity index (χ0v) is 14.2. The first-order valence-electron chi connectivity index (χ1n) is 8.03. The molecule has 0 aliphatic rings. The van der Waals surface area contributed by atoms with E-state index >= 15 is 0 Å². The van der Waals surface area contributed by atoms with E-state index in [9.17, 15) is 22.8 Å². The predicted octanol–water partition coefficient (Wildman–Crippen LogP) is 3.42. The van der Waals surface area contributed by atoms with Crippen LogP contribution in [-0.2, 0) is 22.2 Å². The highest BCUT2D eigenvalue weighted by Crippen LogP contribution is 2.30. The Labute approximate surface area is 149 Å². The van der Waals surface area contributed by atoms with Crippen LogP contribution < -0.4 is 10.2 Å². The molecule has 0 spiro atoms. The zero-order valence-electron chi connectivity index (χ0n) is 14.2. The summed E-state index contributed by atoms with van der Waals surface area (Å²) in [5.74, 6) is -0.505. The van der Waals surface area contributed by atoms with Gasteiger partial charge in [0.2, 0.25) is 11.8 Å². The Morgan fingerprint density at radius 1 is 1.00 bits per heavy atom. The van der Waals surface area contributed by atoms with Crippen molar-refractivity contribution in [2.45, 2.75) is 19.5 Å². The van der Waals surface area contributed by atoms with Crippen LogP contribution in [0, 0.1) is 0 Å². The number of nitrogens with one attached hydrogen (secondary N) is 1. The summed E-state index contributed by atoms with van der Waals surface area (Å²) >= 11 is 0. The Bertz CT molecular complexity index is 744. The molecule has 26 heavy (non-hydrogen) atoms. The largest absolute Gasteiger partial charge is 0.416 e. The number of amides is 2. The summed E-state index contributed by atoms with van der Waals surface area (Å²) in [6, 6.07) is 13.6. The average molecular weight is 364 g/mol. The zero-order chi connectivity index (χ0) is 19.2. The molecular formula is C19H19F3N2O2. The summed E-state index contributed by atoms with van der Waals surface area (Å²) in [6.07, 6.45) is -4.20. The van der Waals surface area contributed by atoms with Gasteiger partial charge in [-0.25, -0.2) is 0 Å². The van der Waals surface area contributed by atoms with Crippen LogP contribution in [0.15, 0.2) is 54.6 Å². The third-order valence-electron chi connectivity index (χ3n) is 3.75. The summed E-state index contributed by atoms with van der Waals surface area (Å²) in [5.41, 5.74) is 0.444. The van der Waals surface area contributed by atoms with Crippen LogP contribution in [0.3, 0.4) is 0 Å². The Morgan fingerprint density at radius 2 is 1.62 bits per heavy atom. The van der Waals surface area contributed by atoms with Gasteiger partial charge in [0.05, 0.1) is 12.0 Å². The molecule has 0 fully saturated rings. The van der Waals surface area contributed by atoms with E-state index in [1.54, 1.807) is 0 Å². The van der Waals surface area contributed by atoms with Gasteiger partial charge in [-0.1, -0.05) is 30.3 Å². The maximum atomic E-state index is 12.6. The van der Waals surface area contributed by atoms with Crippen molar-refractivity contribution in [2.24, 2.45) is 0 Å². The first-order chi connectivity index (χ1) is 12.3. The van der Waals surface area contributed by atoms with Gasteiger partial charge in [0.1, 0.15) is 0 Å². The van der Waals surface area contributed by atoms with Gasteiger partial charge in [-0.2, -0.15) is 13.2 Å². The first-order valence-corrected chi connectivity index (χ1v) is 8.03. The Balaban J connectivity index is 1.92. The highest BCUT2D eigenvalue weighted by atomic mass is 19.4. The lowest BCUT2D eigenvalue weighted by Crippen LogP contribution is -2.38. The van der Waals surface area contributed by atoms with Crippen molar-refractivity contribution < 1.29 is 22.8 Å². The van der Waals surface area contributed by atoms with Crippen molar-refractivity contribution >= 4 is 17.5 Å². The molecule has 0 bridgehead atoms. The molecule has 0 aliphatic carbocycles. The van der Waals surface area contributed by atoms with Crippen LogP contribution in [0.25, 0.3) is 0 Å². The van der Waals surface area contributed by atoms with E-state index in [-0.39, 0.29) is 31.3 Å². The molecule has 0 unspecified atom stereocenters. The fraction of sp³-hybridized carbons (Fsp3) is 0.263. The lowest BCUT2D eigenvalue weighted by Gasteiger charge is -2.22. The second kappa shape index (κ2) is 8.51. The number of halogens is 3. The molecular weight excluding hydrogens is 345 g/mol. The van der Waals surface area contributed by atoms with Gasteiger partial charge in [0.25, 0.3) is 0 Å². The van der Waals surface area contributed by atoms with Crippen molar-refractivity contribution in [3.8, 4) is 0 Å². The Hall–Kier alpha value is -2.83. The number of nitrogens with zero attached hydrogens (tertiary/aromatic N) is 1. The number of carbonyl (C=O) groups excluding carboxylic acids is 2. The van der Waals surface area contributed by atoms with Crippen molar-refractivity contribution in [1.29, 1.82) is 0 Å². The van der Waals surface area contributed by atoms with Gasteiger partial charge in [-0.15, -0.1) is 0 Å². The summed E-state index contributed by atoms with van der Waals surface area (Å²) in [7, 11) is 0. The van der Waals surface area contributed by atoms with Crippen LogP contribution >= 0.6 is 0 Å². The molecule has 0 heterocycles. The molecule has 2 rings (SSSR count). The number of anilines is 1. The molecule has 2 aromatic rings. The Kier molecular flexibility index (Phi) is 6.38. The minimum absolute atomic E-state index is 0.168. The summed E-state index contributed by atoms with van der Waals surface area (Å²) in [6.45, 7) is 1.69. The third kappa shape index (κ3) is 5.61. The Morgan fingerprint density at radius 3 is 2.15 bits per heavy atom. The number of hydrogen-bond acceptors (Lipinski definition) is 2. The minimum Gasteiger partial charge on any atom is -0.354 e. The molecule has 0 saturated heterocycles. The van der Waals surface area contributed by atoms with Gasteiger partial charge < -0.3 is 10.2 Å². The number of benzene rings is 2. The molecule has 2 aromatic carbocycles. The molecule has 0 saturated carbocycles. The highest BCUT2D eigenvalue weighted by molar-refractivity contribution is 5.91. The van der Waals surface area contributed by atoms with Crippen molar-refractivity contribution in [1.82, 2.24) is 5.32 Å². The topological polar surface area (TPSA) is 49.4 Å². The SMILES string of the molecule is CC(=O)N(CCNC(=O)Cc1ccccc1)c1ccc(C(F)(F)F)cc1. The van der Waals surface area contributed by atoms with E-state index in [0.29, 0.717) is 5.69 Å². The monoisotopic (exact) mass is 364 g/mol. The van der Waals surface area contributed by atoms with Crippen molar-refractivity contribution in [3.05, 3.63) is 65.7 Å². The van der Waals surface area contributed by atoms with Crippen molar-refractivity contribution in [3.63, 3.8) is 0 Å². The second-order valence-corrected chi connectivity index (χ2v) is 5.73. The summed E-state index contributed by atoms with van der Waals surface area (Å²) in [5, 5.41) is 2.71. The van der Waals surface area contributed by atoms with E-state index in [0.717, 1.165) is 17.7 Å². The average Bonchev–Trinajstić information content (AvgIpc) is 2.58. The smallest absolute Gasteiger partial charge is 0.354 e. The fourth-order valence-corrected chi connectivity index (χ4v) is 2.45. The normalized spacial score (nSPS) is 11.1. The van der Waals surface area contributed by atoms with Gasteiger partial charge >= 0.3 is 6.18 Å². The van der Waals surface area contributed by atoms with E-state index in [2.05, 4.69) is 5.32 Å². The lowest BCUT2D eigenvalue weighted by molar-refractivity contribution is -0.137. The fourth-order valence-electron chi connectivity index (χ4n) is 2.45. The standard InChI is InChI=1S/C19H19F3N2O2/c1-14(25)24(17-9-7-16(8-10-17)19(20,21)22)12-11-23-18(26)13-15-5-3-2-4-6-15/h2-10H,11-13H2,1H3,(H,23,26). The molecule has 0 atom stereocenters. The van der Waals surface area contributed by atoms with Crippen LogP contribution in [0.4, 0.5) is 18.9 Å².